The first-order valence-corrected chi connectivity index (χ1v) is 10.3. The Morgan fingerprint density at radius 3 is 2.54 bits per heavy atom. The molecule has 0 aliphatic carbocycles. The van der Waals surface area contributed by atoms with Gasteiger partial charge in [-0.2, -0.15) is 0 Å². The van der Waals surface area contributed by atoms with Crippen molar-refractivity contribution in [3.63, 3.8) is 0 Å². The van der Waals surface area contributed by atoms with Gasteiger partial charge in [0.25, 0.3) is 0 Å². The molecule has 0 spiro atoms. The molecule has 1 aromatic carbocycles. The van der Waals surface area contributed by atoms with Crippen molar-refractivity contribution in [1.29, 1.82) is 0 Å². The zero-order chi connectivity index (χ0) is 19.9. The number of hydrogen-bond acceptors (Lipinski definition) is 5. The molecule has 0 bridgehead atoms. The molecule has 1 aliphatic heterocycles. The highest BCUT2D eigenvalue weighted by Crippen LogP contribution is 2.27. The Balaban J connectivity index is 1.71. The summed E-state index contributed by atoms with van der Waals surface area (Å²) in [5, 5.41) is 12.7. The number of quaternary nitrogens is 2. The number of aryl methyl sites for hydroxylation is 2. The molecule has 0 amide bonds. The second kappa shape index (κ2) is 9.84. The maximum atomic E-state index is 5.42. The van der Waals surface area contributed by atoms with E-state index in [1.54, 1.807) is 24.0 Å². The highest BCUT2D eigenvalue weighted by molar-refractivity contribution is 5.42. The van der Waals surface area contributed by atoms with E-state index in [-0.39, 0.29) is 0 Å². The van der Waals surface area contributed by atoms with Crippen LogP contribution in [-0.2, 0) is 13.0 Å². The Kier molecular flexibility index (Phi) is 7.22. The normalized spacial score (nSPS) is 20.7. The summed E-state index contributed by atoms with van der Waals surface area (Å²) in [6, 6.07) is 6.42. The zero-order valence-electron chi connectivity index (χ0n) is 17.6. The standard InChI is InChI=1S/C20H32N6O2/c1-5-6-17(25-13-11-24(2)12-14-25)20-21-22-23-26(20)10-9-16-7-8-18(27-3)19(15-16)28-4/h7-8,15,17H,5-6,9-14H2,1-4H3/p+2/t17-/m1/s1. The summed E-state index contributed by atoms with van der Waals surface area (Å²) in [7, 11) is 5.59. The Morgan fingerprint density at radius 2 is 1.86 bits per heavy atom. The molecular formula is C20H34N6O2+2. The van der Waals surface area contributed by atoms with Crippen molar-refractivity contribution in [3.8, 4) is 11.5 Å². The predicted octanol–water partition coefficient (Wildman–Crippen LogP) is -0.813. The van der Waals surface area contributed by atoms with Gasteiger partial charge in [0.05, 0.1) is 21.3 Å². The van der Waals surface area contributed by atoms with E-state index in [1.165, 1.54) is 31.7 Å². The van der Waals surface area contributed by atoms with Crippen molar-refractivity contribution in [3.05, 3.63) is 29.6 Å². The molecule has 8 heteroatoms. The third-order valence-corrected chi connectivity index (χ3v) is 5.75. The van der Waals surface area contributed by atoms with Gasteiger partial charge in [0.2, 0.25) is 5.82 Å². The highest BCUT2D eigenvalue weighted by atomic mass is 16.5. The molecule has 1 saturated heterocycles. The molecule has 1 aliphatic rings. The van der Waals surface area contributed by atoms with Gasteiger partial charge in [0.1, 0.15) is 32.2 Å². The summed E-state index contributed by atoms with van der Waals surface area (Å²) in [4.78, 5) is 3.24. The number of rotatable bonds is 9. The van der Waals surface area contributed by atoms with Crippen LogP contribution in [0.1, 0.15) is 37.2 Å². The van der Waals surface area contributed by atoms with Crippen molar-refractivity contribution in [2.45, 2.75) is 38.8 Å². The number of methoxy groups -OCH3 is 2. The molecule has 0 saturated carbocycles. The molecular weight excluding hydrogens is 356 g/mol. The van der Waals surface area contributed by atoms with E-state index in [0.29, 0.717) is 6.04 Å². The lowest BCUT2D eigenvalue weighted by atomic mass is 10.1. The van der Waals surface area contributed by atoms with E-state index in [0.717, 1.165) is 43.1 Å². The number of aromatic nitrogens is 4. The van der Waals surface area contributed by atoms with Gasteiger partial charge in [-0.1, -0.05) is 19.4 Å². The number of nitrogens with zero attached hydrogens (tertiary/aromatic N) is 4. The Morgan fingerprint density at radius 1 is 1.11 bits per heavy atom. The largest absolute Gasteiger partial charge is 0.493 e. The fourth-order valence-corrected chi connectivity index (χ4v) is 4.04. The van der Waals surface area contributed by atoms with E-state index in [1.807, 2.05) is 16.8 Å². The summed E-state index contributed by atoms with van der Waals surface area (Å²) in [6.45, 7) is 7.78. The van der Waals surface area contributed by atoms with E-state index >= 15 is 0 Å². The van der Waals surface area contributed by atoms with Crippen molar-refractivity contribution in [1.82, 2.24) is 20.2 Å². The first kappa shape index (κ1) is 20.5. The quantitative estimate of drug-likeness (QED) is 0.586. The maximum Gasteiger partial charge on any atom is 0.209 e. The molecule has 2 heterocycles. The van der Waals surface area contributed by atoms with Crippen molar-refractivity contribution in [2.75, 3.05) is 47.4 Å². The molecule has 2 N–H and O–H groups in total. The van der Waals surface area contributed by atoms with Gasteiger partial charge in [0.15, 0.2) is 11.5 Å². The lowest BCUT2D eigenvalue weighted by Gasteiger charge is -2.32. The second-order valence-electron chi connectivity index (χ2n) is 7.66. The molecule has 0 unspecified atom stereocenters. The third-order valence-electron chi connectivity index (χ3n) is 5.75. The van der Waals surface area contributed by atoms with Gasteiger partial charge in [-0.05, 0) is 34.5 Å². The summed E-state index contributed by atoms with van der Waals surface area (Å²) < 4.78 is 12.7. The molecule has 3 rings (SSSR count). The van der Waals surface area contributed by atoms with Crippen LogP contribution in [0.15, 0.2) is 18.2 Å². The van der Waals surface area contributed by atoms with Crippen LogP contribution in [0.25, 0.3) is 0 Å². The monoisotopic (exact) mass is 390 g/mol. The number of benzene rings is 1. The van der Waals surface area contributed by atoms with Crippen LogP contribution in [0.2, 0.25) is 0 Å². The van der Waals surface area contributed by atoms with Gasteiger partial charge in [0, 0.05) is 13.0 Å². The average molecular weight is 391 g/mol. The van der Waals surface area contributed by atoms with E-state index in [9.17, 15) is 0 Å². The van der Waals surface area contributed by atoms with Crippen molar-refractivity contribution >= 4 is 0 Å². The molecule has 1 atom stereocenters. The van der Waals surface area contributed by atoms with E-state index in [4.69, 9.17) is 9.47 Å². The molecule has 8 nitrogen and oxygen atoms in total. The Bertz CT molecular complexity index is 742. The smallest absolute Gasteiger partial charge is 0.209 e. The first-order chi connectivity index (χ1) is 13.7. The Hall–Kier alpha value is -2.19. The predicted molar refractivity (Wildman–Crippen MR) is 106 cm³/mol. The fraction of sp³-hybridized carbons (Fsp3) is 0.650. The minimum Gasteiger partial charge on any atom is -0.493 e. The van der Waals surface area contributed by atoms with Gasteiger partial charge in [-0.15, -0.1) is 5.10 Å². The van der Waals surface area contributed by atoms with Crippen LogP contribution in [0.5, 0.6) is 11.5 Å². The molecule has 154 valence electrons. The van der Waals surface area contributed by atoms with Gasteiger partial charge >= 0.3 is 0 Å². The lowest BCUT2D eigenvalue weighted by molar-refractivity contribution is -1.02. The maximum absolute atomic E-state index is 5.42. The number of hydrogen-bond donors (Lipinski definition) is 2. The molecule has 2 aromatic rings. The number of nitrogens with one attached hydrogen (secondary N) is 2. The molecule has 1 aromatic heterocycles. The molecule has 28 heavy (non-hydrogen) atoms. The summed E-state index contributed by atoms with van der Waals surface area (Å²) >= 11 is 0. The van der Waals surface area contributed by atoms with Gasteiger partial charge in [-0.25, -0.2) is 4.68 Å². The van der Waals surface area contributed by atoms with E-state index in [2.05, 4.69) is 35.6 Å². The minimum absolute atomic E-state index is 0.374. The van der Waals surface area contributed by atoms with Gasteiger partial charge < -0.3 is 19.3 Å². The summed E-state index contributed by atoms with van der Waals surface area (Å²) in [5.41, 5.74) is 1.18. The SMILES string of the molecule is CCC[C@H](c1nnnn1CCc1ccc(OC)c(OC)c1)[NH+]1CC[NH+](C)CC1. The third kappa shape index (κ3) is 4.80. The minimum atomic E-state index is 0.374. The van der Waals surface area contributed by atoms with Crippen molar-refractivity contribution < 1.29 is 19.3 Å². The Labute approximate surface area is 167 Å². The van der Waals surface area contributed by atoms with Crippen LogP contribution < -0.4 is 19.3 Å². The first-order valence-electron chi connectivity index (χ1n) is 10.3. The van der Waals surface area contributed by atoms with Crippen LogP contribution in [0, 0.1) is 0 Å². The summed E-state index contributed by atoms with van der Waals surface area (Å²) in [6.07, 6.45) is 3.10. The van der Waals surface area contributed by atoms with E-state index < -0.39 is 0 Å². The van der Waals surface area contributed by atoms with Crippen LogP contribution in [0.4, 0.5) is 0 Å². The molecule has 0 radical (unpaired) electrons. The number of piperazine rings is 1. The fourth-order valence-electron chi connectivity index (χ4n) is 4.04. The van der Waals surface area contributed by atoms with Crippen LogP contribution >= 0.6 is 0 Å². The lowest BCUT2D eigenvalue weighted by Crippen LogP contribution is -3.27. The van der Waals surface area contributed by atoms with Crippen LogP contribution in [0.3, 0.4) is 0 Å². The second-order valence-corrected chi connectivity index (χ2v) is 7.66. The molecule has 1 fully saturated rings. The number of tetrazole rings is 1. The highest BCUT2D eigenvalue weighted by Gasteiger charge is 2.32. The van der Waals surface area contributed by atoms with Crippen molar-refractivity contribution in [2.24, 2.45) is 0 Å². The topological polar surface area (TPSA) is 70.9 Å². The average Bonchev–Trinajstić information content (AvgIpc) is 3.19. The van der Waals surface area contributed by atoms with Crippen LogP contribution in [-0.4, -0.2) is 67.7 Å². The van der Waals surface area contributed by atoms with Gasteiger partial charge in [-0.3, -0.25) is 0 Å². The number of ether oxygens (including phenoxy) is 2. The number of likely N-dealkylation sites (N-methyl/N-ethyl adjacent to an activating group) is 1. The zero-order valence-corrected chi connectivity index (χ0v) is 17.6. The summed E-state index contributed by atoms with van der Waals surface area (Å²) in [5.74, 6) is 2.53.